The fourth-order valence-electron chi connectivity index (χ4n) is 4.49. The van der Waals surface area contributed by atoms with Crippen LogP contribution in [0.1, 0.15) is 38.2 Å². The smallest absolute Gasteiger partial charge is 0.126 e. The molecule has 3 heteroatoms. The summed E-state index contributed by atoms with van der Waals surface area (Å²) in [4.78, 5) is 0. The first-order valence-corrected chi connectivity index (χ1v) is 7.77. The van der Waals surface area contributed by atoms with Crippen molar-refractivity contribution in [2.75, 3.05) is 13.1 Å². The summed E-state index contributed by atoms with van der Waals surface area (Å²) < 4.78 is 27.4. The van der Waals surface area contributed by atoms with E-state index in [1.54, 1.807) is 0 Å². The van der Waals surface area contributed by atoms with Gasteiger partial charge in [0, 0.05) is 6.54 Å². The Hall–Kier alpha value is -0.960. The van der Waals surface area contributed by atoms with Gasteiger partial charge in [-0.05, 0) is 73.2 Å². The molecule has 2 fully saturated rings. The first kappa shape index (κ1) is 14.0. The molecule has 0 radical (unpaired) electrons. The largest absolute Gasteiger partial charge is 0.316 e. The van der Waals surface area contributed by atoms with E-state index in [0.717, 1.165) is 19.0 Å². The molecule has 0 heterocycles. The molecule has 0 aliphatic heterocycles. The minimum Gasteiger partial charge on any atom is -0.316 e. The molecule has 1 aromatic rings. The number of hydrogen-bond donors (Lipinski definition) is 1. The van der Waals surface area contributed by atoms with Crippen LogP contribution in [0.2, 0.25) is 0 Å². The number of benzene rings is 1. The van der Waals surface area contributed by atoms with Crippen LogP contribution < -0.4 is 5.32 Å². The standard InChI is InChI=1S/C17H23F2N/c1-2-20-11-17(9-12-3-4-14(17)7-12)10-13-8-15(18)5-6-16(13)19/h5-6,8,12,14,20H,2-4,7,9-11H2,1H3. The summed E-state index contributed by atoms with van der Waals surface area (Å²) in [6.07, 6.45) is 5.70. The third kappa shape index (κ3) is 2.48. The van der Waals surface area contributed by atoms with Crippen LogP contribution in [0.4, 0.5) is 8.78 Å². The fraction of sp³-hybridized carbons (Fsp3) is 0.647. The van der Waals surface area contributed by atoms with Crippen LogP contribution in [0, 0.1) is 28.9 Å². The number of nitrogens with one attached hydrogen (secondary N) is 1. The average Bonchev–Trinajstić information content (AvgIpc) is 3.02. The van der Waals surface area contributed by atoms with Crippen molar-refractivity contribution >= 4 is 0 Å². The second kappa shape index (κ2) is 5.44. The molecule has 3 atom stereocenters. The molecule has 0 saturated heterocycles. The molecule has 1 N–H and O–H groups in total. The van der Waals surface area contributed by atoms with Gasteiger partial charge in [-0.15, -0.1) is 0 Å². The molecule has 2 aliphatic rings. The molecular formula is C17H23F2N. The SMILES string of the molecule is CCNCC1(Cc2cc(F)ccc2F)CC2CCC1C2. The third-order valence-corrected chi connectivity index (χ3v) is 5.38. The van der Waals surface area contributed by atoms with E-state index in [0.29, 0.717) is 17.9 Å². The Morgan fingerprint density at radius 3 is 2.80 bits per heavy atom. The number of rotatable bonds is 5. The first-order valence-electron chi connectivity index (χ1n) is 7.77. The molecule has 2 saturated carbocycles. The average molecular weight is 279 g/mol. The van der Waals surface area contributed by atoms with Crippen molar-refractivity contribution in [3.05, 3.63) is 35.4 Å². The number of fused-ring (bicyclic) bond motifs is 2. The van der Waals surface area contributed by atoms with Gasteiger partial charge in [0.15, 0.2) is 0 Å². The highest BCUT2D eigenvalue weighted by molar-refractivity contribution is 5.22. The van der Waals surface area contributed by atoms with Gasteiger partial charge in [0.25, 0.3) is 0 Å². The van der Waals surface area contributed by atoms with Crippen LogP contribution in [0.15, 0.2) is 18.2 Å². The Balaban J connectivity index is 1.85. The lowest BCUT2D eigenvalue weighted by Gasteiger charge is -2.38. The van der Waals surface area contributed by atoms with Crippen molar-refractivity contribution in [2.24, 2.45) is 17.3 Å². The molecule has 20 heavy (non-hydrogen) atoms. The number of halogens is 2. The molecule has 0 aromatic heterocycles. The van der Waals surface area contributed by atoms with Crippen LogP contribution in [-0.2, 0) is 6.42 Å². The summed E-state index contributed by atoms with van der Waals surface area (Å²) in [5, 5.41) is 3.45. The Morgan fingerprint density at radius 1 is 1.30 bits per heavy atom. The van der Waals surface area contributed by atoms with Gasteiger partial charge < -0.3 is 5.32 Å². The summed E-state index contributed by atoms with van der Waals surface area (Å²) in [7, 11) is 0. The van der Waals surface area contributed by atoms with Crippen LogP contribution >= 0.6 is 0 Å². The van der Waals surface area contributed by atoms with Crippen molar-refractivity contribution in [1.29, 1.82) is 0 Å². The fourth-order valence-corrected chi connectivity index (χ4v) is 4.49. The molecular weight excluding hydrogens is 256 g/mol. The Bertz CT molecular complexity index is 488. The van der Waals surface area contributed by atoms with Gasteiger partial charge in [-0.3, -0.25) is 0 Å². The topological polar surface area (TPSA) is 12.0 Å². The van der Waals surface area contributed by atoms with E-state index in [9.17, 15) is 8.78 Å². The van der Waals surface area contributed by atoms with Crippen molar-refractivity contribution in [2.45, 2.75) is 39.0 Å². The quantitative estimate of drug-likeness (QED) is 0.861. The monoisotopic (exact) mass is 279 g/mol. The summed E-state index contributed by atoms with van der Waals surface area (Å²) in [6.45, 7) is 3.97. The lowest BCUT2D eigenvalue weighted by Crippen LogP contribution is -2.40. The summed E-state index contributed by atoms with van der Waals surface area (Å²) in [6, 6.07) is 3.85. The highest BCUT2D eigenvalue weighted by Gasteiger charge is 2.50. The zero-order valence-electron chi connectivity index (χ0n) is 12.1. The molecule has 0 spiro atoms. The predicted molar refractivity (Wildman–Crippen MR) is 76.5 cm³/mol. The molecule has 2 aliphatic carbocycles. The van der Waals surface area contributed by atoms with E-state index in [4.69, 9.17) is 0 Å². The van der Waals surface area contributed by atoms with Crippen molar-refractivity contribution in [3.8, 4) is 0 Å². The van der Waals surface area contributed by atoms with Crippen LogP contribution in [0.25, 0.3) is 0 Å². The van der Waals surface area contributed by atoms with Gasteiger partial charge in [0.05, 0.1) is 0 Å². The molecule has 110 valence electrons. The van der Waals surface area contributed by atoms with Crippen molar-refractivity contribution in [3.63, 3.8) is 0 Å². The number of hydrogen-bond acceptors (Lipinski definition) is 1. The van der Waals surface area contributed by atoms with Gasteiger partial charge in [-0.25, -0.2) is 8.78 Å². The van der Waals surface area contributed by atoms with Gasteiger partial charge in [0.2, 0.25) is 0 Å². The lowest BCUT2D eigenvalue weighted by atomic mass is 9.69. The maximum Gasteiger partial charge on any atom is 0.126 e. The lowest BCUT2D eigenvalue weighted by molar-refractivity contribution is 0.155. The van der Waals surface area contributed by atoms with Gasteiger partial charge >= 0.3 is 0 Å². The summed E-state index contributed by atoms with van der Waals surface area (Å²) in [5.41, 5.74) is 0.684. The maximum atomic E-state index is 14.0. The van der Waals surface area contributed by atoms with Crippen LogP contribution in [0.3, 0.4) is 0 Å². The highest BCUT2D eigenvalue weighted by atomic mass is 19.1. The van der Waals surface area contributed by atoms with Gasteiger partial charge in [0.1, 0.15) is 11.6 Å². The molecule has 2 bridgehead atoms. The molecule has 1 aromatic carbocycles. The van der Waals surface area contributed by atoms with E-state index in [1.165, 1.54) is 43.9 Å². The zero-order valence-corrected chi connectivity index (χ0v) is 12.1. The molecule has 0 amide bonds. The van der Waals surface area contributed by atoms with E-state index in [-0.39, 0.29) is 17.0 Å². The zero-order chi connectivity index (χ0) is 14.2. The minimum atomic E-state index is -0.330. The molecule has 3 rings (SSSR count). The predicted octanol–water partition coefficient (Wildman–Crippen LogP) is 3.92. The Labute approximate surface area is 119 Å². The van der Waals surface area contributed by atoms with Crippen molar-refractivity contribution in [1.82, 2.24) is 5.32 Å². The van der Waals surface area contributed by atoms with Gasteiger partial charge in [-0.1, -0.05) is 13.3 Å². The first-order chi connectivity index (χ1) is 9.63. The highest BCUT2D eigenvalue weighted by Crippen LogP contribution is 2.57. The Morgan fingerprint density at radius 2 is 2.15 bits per heavy atom. The second-order valence-corrected chi connectivity index (χ2v) is 6.64. The molecule has 3 unspecified atom stereocenters. The third-order valence-electron chi connectivity index (χ3n) is 5.38. The normalized spacial score (nSPS) is 31.9. The minimum absolute atomic E-state index is 0.133. The van der Waals surface area contributed by atoms with E-state index in [1.807, 2.05) is 0 Å². The van der Waals surface area contributed by atoms with E-state index >= 15 is 0 Å². The second-order valence-electron chi connectivity index (χ2n) is 6.64. The summed E-state index contributed by atoms with van der Waals surface area (Å²) >= 11 is 0. The maximum absolute atomic E-state index is 14.0. The van der Waals surface area contributed by atoms with E-state index in [2.05, 4.69) is 12.2 Å². The van der Waals surface area contributed by atoms with Gasteiger partial charge in [-0.2, -0.15) is 0 Å². The molecule has 1 nitrogen and oxygen atoms in total. The van der Waals surface area contributed by atoms with Crippen molar-refractivity contribution < 1.29 is 8.78 Å². The van der Waals surface area contributed by atoms with Crippen LogP contribution in [0.5, 0.6) is 0 Å². The Kier molecular flexibility index (Phi) is 3.80. The van der Waals surface area contributed by atoms with Crippen LogP contribution in [-0.4, -0.2) is 13.1 Å². The van der Waals surface area contributed by atoms with E-state index < -0.39 is 0 Å². The summed E-state index contributed by atoms with van der Waals surface area (Å²) in [5.74, 6) is 0.887.